The highest BCUT2D eigenvalue weighted by molar-refractivity contribution is 9.10. The topological polar surface area (TPSA) is 114 Å². The first-order valence-corrected chi connectivity index (χ1v) is 10.6. The molecule has 2 aromatic carbocycles. The van der Waals surface area contributed by atoms with Crippen molar-refractivity contribution >= 4 is 41.9 Å². The van der Waals surface area contributed by atoms with Gasteiger partial charge in [0.15, 0.2) is 5.96 Å². The fraction of sp³-hybridized carbons (Fsp3) is 0.167. The normalized spacial score (nSPS) is 17.5. The molecule has 0 fully saturated rings. The van der Waals surface area contributed by atoms with Gasteiger partial charge in [-0.25, -0.2) is 4.57 Å². The summed E-state index contributed by atoms with van der Waals surface area (Å²) in [6, 6.07) is 15.0. The smallest absolute Gasteiger partial charge is 0.355 e. The van der Waals surface area contributed by atoms with Crippen LogP contribution in [0.1, 0.15) is 28.3 Å². The van der Waals surface area contributed by atoms with E-state index in [-0.39, 0.29) is 6.04 Å². The van der Waals surface area contributed by atoms with Gasteiger partial charge in [-0.05, 0) is 34.4 Å². The molecular formula is C18H19BrN3O4P. The third-order valence-corrected chi connectivity index (χ3v) is 4.56. The molecule has 0 aromatic heterocycles. The van der Waals surface area contributed by atoms with Gasteiger partial charge in [0.1, 0.15) is 0 Å². The van der Waals surface area contributed by atoms with Crippen LogP contribution in [0, 0.1) is 0 Å². The van der Waals surface area contributed by atoms with Crippen molar-refractivity contribution in [1.82, 2.24) is 10.6 Å². The van der Waals surface area contributed by atoms with Gasteiger partial charge in [0, 0.05) is 11.0 Å². The van der Waals surface area contributed by atoms with Crippen molar-refractivity contribution in [3.63, 3.8) is 0 Å². The molecule has 0 bridgehead atoms. The molecule has 1 aliphatic carbocycles. The van der Waals surface area contributed by atoms with Crippen LogP contribution in [0.25, 0.3) is 12.2 Å². The predicted molar refractivity (Wildman–Crippen MR) is 109 cm³/mol. The van der Waals surface area contributed by atoms with Gasteiger partial charge in [0.05, 0.1) is 12.6 Å². The highest BCUT2D eigenvalue weighted by atomic mass is 79.9. The summed E-state index contributed by atoms with van der Waals surface area (Å²) in [6.45, 7) is 1.74. The standard InChI is InChI=1S/C18H16BrN3.H3O4P/c19-14-8-7-13-6-5-12-3-1-2-4-15(12)17(16(13)11-14)22-18-20-9-10-21-18;1-5(2,3)4/h1-8,11,17H,9-10H2,(H2,20,21,22);(H3,1,2,3,4). The molecule has 0 spiro atoms. The molecule has 5 N–H and O–H groups in total. The molecule has 2 aliphatic rings. The van der Waals surface area contributed by atoms with Crippen LogP contribution >= 0.6 is 23.8 Å². The highest BCUT2D eigenvalue weighted by Gasteiger charge is 2.23. The lowest BCUT2D eigenvalue weighted by atomic mass is 9.94. The Bertz CT molecular complexity index is 934. The summed E-state index contributed by atoms with van der Waals surface area (Å²) < 4.78 is 9.97. The zero-order chi connectivity index (χ0) is 19.4. The molecule has 1 heterocycles. The lowest BCUT2D eigenvalue weighted by Gasteiger charge is -2.23. The van der Waals surface area contributed by atoms with E-state index < -0.39 is 7.82 Å². The van der Waals surface area contributed by atoms with Gasteiger partial charge in [-0.1, -0.05) is 58.4 Å². The van der Waals surface area contributed by atoms with Crippen LogP contribution in [0.3, 0.4) is 0 Å². The third-order valence-electron chi connectivity index (χ3n) is 4.06. The number of nitrogens with one attached hydrogen (secondary N) is 2. The minimum atomic E-state index is -4.64. The molecule has 142 valence electrons. The van der Waals surface area contributed by atoms with E-state index in [1.165, 1.54) is 22.3 Å². The summed E-state index contributed by atoms with van der Waals surface area (Å²) >= 11 is 3.60. The Morgan fingerprint density at radius 2 is 1.74 bits per heavy atom. The first-order valence-electron chi connectivity index (χ1n) is 8.21. The van der Waals surface area contributed by atoms with Gasteiger partial charge in [-0.3, -0.25) is 4.99 Å². The SMILES string of the molecule is Brc1ccc2c(c1)C(NC1=NCCN1)c1ccccc1C=C2.O=P(O)(O)O. The zero-order valence-electron chi connectivity index (χ0n) is 14.2. The van der Waals surface area contributed by atoms with Crippen LogP contribution in [0.15, 0.2) is 51.9 Å². The van der Waals surface area contributed by atoms with E-state index >= 15 is 0 Å². The Kier molecular flexibility index (Phi) is 6.14. The summed E-state index contributed by atoms with van der Waals surface area (Å²) in [6.07, 6.45) is 4.37. The number of benzene rings is 2. The summed E-state index contributed by atoms with van der Waals surface area (Å²) in [5.41, 5.74) is 5.00. The number of phosphoric acid groups is 1. The minimum Gasteiger partial charge on any atom is -0.355 e. The average molecular weight is 452 g/mol. The van der Waals surface area contributed by atoms with E-state index in [0.717, 1.165) is 23.5 Å². The maximum atomic E-state index is 8.88. The maximum absolute atomic E-state index is 8.88. The number of rotatable bonds is 1. The average Bonchev–Trinajstić information content (AvgIpc) is 3.05. The Balaban J connectivity index is 0.000000376. The molecule has 27 heavy (non-hydrogen) atoms. The maximum Gasteiger partial charge on any atom is 0.466 e. The van der Waals surface area contributed by atoms with Crippen molar-refractivity contribution in [2.24, 2.45) is 4.99 Å². The molecular weight excluding hydrogens is 433 g/mol. The number of fused-ring (bicyclic) bond motifs is 2. The van der Waals surface area contributed by atoms with Crippen LogP contribution in [-0.2, 0) is 4.57 Å². The molecule has 1 unspecified atom stereocenters. The van der Waals surface area contributed by atoms with E-state index in [2.05, 4.69) is 86.2 Å². The third kappa shape index (κ3) is 5.51. The Hall–Kier alpha value is -1.96. The second kappa shape index (κ2) is 8.37. The second-order valence-electron chi connectivity index (χ2n) is 5.98. The van der Waals surface area contributed by atoms with Crippen molar-refractivity contribution in [2.45, 2.75) is 6.04 Å². The van der Waals surface area contributed by atoms with Gasteiger partial charge in [-0.2, -0.15) is 0 Å². The largest absolute Gasteiger partial charge is 0.466 e. The molecule has 4 rings (SSSR count). The summed E-state index contributed by atoms with van der Waals surface area (Å²) in [7, 11) is -4.64. The van der Waals surface area contributed by atoms with E-state index in [4.69, 9.17) is 19.2 Å². The summed E-state index contributed by atoms with van der Waals surface area (Å²) in [5, 5.41) is 6.88. The lowest BCUT2D eigenvalue weighted by molar-refractivity contribution is 0.275. The number of guanidine groups is 1. The predicted octanol–water partition coefficient (Wildman–Crippen LogP) is 2.64. The molecule has 9 heteroatoms. The Labute approximate surface area is 165 Å². The highest BCUT2D eigenvalue weighted by Crippen LogP contribution is 2.34. The van der Waals surface area contributed by atoms with Crippen molar-refractivity contribution in [3.05, 3.63) is 69.2 Å². The molecule has 0 amide bonds. The van der Waals surface area contributed by atoms with E-state index in [1.54, 1.807) is 0 Å². The molecule has 0 saturated carbocycles. The molecule has 1 aliphatic heterocycles. The number of halogens is 1. The first-order chi connectivity index (χ1) is 12.8. The van der Waals surface area contributed by atoms with Crippen molar-refractivity contribution in [2.75, 3.05) is 13.1 Å². The Morgan fingerprint density at radius 3 is 2.41 bits per heavy atom. The summed E-state index contributed by atoms with van der Waals surface area (Å²) in [4.78, 5) is 26.1. The lowest BCUT2D eigenvalue weighted by Crippen LogP contribution is -2.37. The number of hydrogen-bond donors (Lipinski definition) is 5. The first kappa shape index (κ1) is 19.8. The van der Waals surface area contributed by atoms with E-state index in [1.807, 2.05) is 0 Å². The molecule has 0 radical (unpaired) electrons. The minimum absolute atomic E-state index is 0.0862. The van der Waals surface area contributed by atoms with Crippen molar-refractivity contribution in [3.8, 4) is 0 Å². The van der Waals surface area contributed by atoms with Gasteiger partial charge in [0.25, 0.3) is 0 Å². The molecule has 7 nitrogen and oxygen atoms in total. The van der Waals surface area contributed by atoms with Crippen LogP contribution in [0.2, 0.25) is 0 Å². The van der Waals surface area contributed by atoms with Crippen LogP contribution < -0.4 is 10.6 Å². The quantitative estimate of drug-likeness (QED) is 0.426. The number of nitrogens with zero attached hydrogens (tertiary/aromatic N) is 1. The fourth-order valence-electron chi connectivity index (χ4n) is 3.01. The number of hydrogen-bond acceptors (Lipinski definition) is 4. The fourth-order valence-corrected chi connectivity index (χ4v) is 3.39. The van der Waals surface area contributed by atoms with Crippen molar-refractivity contribution < 1.29 is 19.2 Å². The molecule has 0 saturated heterocycles. The molecule has 2 aromatic rings. The van der Waals surface area contributed by atoms with E-state index in [9.17, 15) is 0 Å². The molecule has 1 atom stereocenters. The number of aliphatic imine (C=N–C) groups is 1. The second-order valence-corrected chi connectivity index (χ2v) is 7.93. The summed E-state index contributed by atoms with van der Waals surface area (Å²) in [5.74, 6) is 0.882. The van der Waals surface area contributed by atoms with Crippen LogP contribution in [0.4, 0.5) is 0 Å². The zero-order valence-corrected chi connectivity index (χ0v) is 16.7. The Morgan fingerprint density at radius 1 is 1.07 bits per heavy atom. The van der Waals surface area contributed by atoms with Gasteiger partial charge >= 0.3 is 7.82 Å². The van der Waals surface area contributed by atoms with Crippen molar-refractivity contribution in [1.29, 1.82) is 0 Å². The van der Waals surface area contributed by atoms with Gasteiger partial charge in [-0.15, -0.1) is 0 Å². The van der Waals surface area contributed by atoms with Crippen LogP contribution in [-0.4, -0.2) is 33.7 Å². The van der Waals surface area contributed by atoms with Crippen LogP contribution in [0.5, 0.6) is 0 Å². The van der Waals surface area contributed by atoms with E-state index in [0.29, 0.717) is 0 Å². The van der Waals surface area contributed by atoms with Gasteiger partial charge < -0.3 is 25.3 Å². The van der Waals surface area contributed by atoms with Gasteiger partial charge in [0.2, 0.25) is 0 Å². The monoisotopic (exact) mass is 451 g/mol.